The number of aryl methyl sites for hydroxylation is 1. The number of carbonyl (C=O) groups is 1. The highest BCUT2D eigenvalue weighted by Gasteiger charge is 2.13. The number of nitrogens with two attached hydrogens (primary N) is 1. The van der Waals surface area contributed by atoms with Gasteiger partial charge in [-0.15, -0.1) is 0 Å². The number of anilines is 2. The highest BCUT2D eigenvalue weighted by Crippen LogP contribution is 2.23. The van der Waals surface area contributed by atoms with Crippen molar-refractivity contribution >= 4 is 44.8 Å². The van der Waals surface area contributed by atoms with Crippen LogP contribution in [0.4, 0.5) is 11.4 Å². The number of nitrogens with zero attached hydrogens (tertiary/aromatic N) is 2. The Bertz CT molecular complexity index is 626. The molecule has 7 heteroatoms. The van der Waals surface area contributed by atoms with Crippen LogP contribution in [0.2, 0.25) is 5.15 Å². The lowest BCUT2D eigenvalue weighted by Crippen LogP contribution is -2.16. The molecule has 3 N–H and O–H groups in total. The van der Waals surface area contributed by atoms with E-state index in [4.69, 9.17) is 17.3 Å². The molecule has 0 saturated heterocycles. The van der Waals surface area contributed by atoms with Gasteiger partial charge in [-0.05, 0) is 35.0 Å². The summed E-state index contributed by atoms with van der Waals surface area (Å²) in [6.07, 6.45) is 3.22. The molecule has 0 atom stereocenters. The molecule has 19 heavy (non-hydrogen) atoms. The van der Waals surface area contributed by atoms with E-state index in [-0.39, 0.29) is 5.91 Å². The van der Waals surface area contributed by atoms with Crippen molar-refractivity contribution < 1.29 is 4.79 Å². The summed E-state index contributed by atoms with van der Waals surface area (Å²) in [4.78, 5) is 16.1. The summed E-state index contributed by atoms with van der Waals surface area (Å²) in [5.41, 5.74) is 7.31. The van der Waals surface area contributed by atoms with Crippen molar-refractivity contribution in [2.45, 2.75) is 13.5 Å². The zero-order chi connectivity index (χ0) is 14.0. The molecular weight excluding hydrogens is 332 g/mol. The largest absolute Gasteiger partial charge is 0.397 e. The molecule has 0 aliphatic carbocycles. The topological polar surface area (TPSA) is 72.9 Å². The Morgan fingerprint density at radius 1 is 1.58 bits per heavy atom. The van der Waals surface area contributed by atoms with Crippen LogP contribution in [0, 0.1) is 0 Å². The van der Waals surface area contributed by atoms with E-state index in [1.165, 1.54) is 6.20 Å². The lowest BCUT2D eigenvalue weighted by molar-refractivity contribution is 0.101. The first kappa shape index (κ1) is 13.9. The van der Waals surface area contributed by atoms with E-state index >= 15 is 0 Å². The Kier molecular flexibility index (Phi) is 4.11. The van der Waals surface area contributed by atoms with Gasteiger partial charge in [0, 0.05) is 12.7 Å². The Morgan fingerprint density at radius 2 is 2.32 bits per heavy atom. The van der Waals surface area contributed by atoms with Gasteiger partial charge in [0.1, 0.15) is 10.8 Å². The molecule has 0 unspecified atom stereocenters. The highest BCUT2D eigenvalue weighted by atomic mass is 79.9. The van der Waals surface area contributed by atoms with Crippen molar-refractivity contribution in [1.29, 1.82) is 0 Å². The first-order chi connectivity index (χ1) is 9.01. The first-order valence-electron chi connectivity index (χ1n) is 5.59. The van der Waals surface area contributed by atoms with Crippen molar-refractivity contribution in [2.24, 2.45) is 0 Å². The van der Waals surface area contributed by atoms with E-state index in [1.54, 1.807) is 22.9 Å². The summed E-state index contributed by atoms with van der Waals surface area (Å²) < 4.78 is 2.40. The van der Waals surface area contributed by atoms with Crippen LogP contribution in [0.5, 0.6) is 0 Å². The van der Waals surface area contributed by atoms with E-state index in [9.17, 15) is 4.79 Å². The number of carbonyl (C=O) groups excluding carboxylic acids is 1. The number of nitrogens with one attached hydrogen (secondary N) is 1. The molecule has 0 bridgehead atoms. The van der Waals surface area contributed by atoms with Crippen molar-refractivity contribution in [3.8, 4) is 0 Å². The molecule has 2 rings (SSSR count). The average molecular weight is 344 g/mol. The Balaban J connectivity index is 2.22. The number of halogens is 2. The molecule has 2 heterocycles. The van der Waals surface area contributed by atoms with Crippen molar-refractivity contribution in [2.75, 3.05) is 11.1 Å². The van der Waals surface area contributed by atoms with Crippen LogP contribution in [0.1, 0.15) is 17.4 Å². The molecule has 0 spiro atoms. The number of aromatic nitrogens is 2. The predicted octanol–water partition coefficient (Wildman–Crippen LogP) is 3.15. The summed E-state index contributed by atoms with van der Waals surface area (Å²) in [6.45, 7) is 2.61. The quantitative estimate of drug-likeness (QED) is 0.841. The van der Waals surface area contributed by atoms with Crippen molar-refractivity contribution in [3.63, 3.8) is 0 Å². The number of hydrogen-bond donors (Lipinski definition) is 2. The number of amides is 1. The van der Waals surface area contributed by atoms with Crippen LogP contribution in [0.3, 0.4) is 0 Å². The van der Waals surface area contributed by atoms with Crippen LogP contribution in [-0.2, 0) is 6.54 Å². The third kappa shape index (κ3) is 3.08. The minimum absolute atomic E-state index is 0.241. The molecule has 1 amide bonds. The van der Waals surface area contributed by atoms with E-state index in [1.807, 2.05) is 6.92 Å². The minimum Gasteiger partial charge on any atom is -0.397 e. The maximum atomic E-state index is 12.1. The summed E-state index contributed by atoms with van der Waals surface area (Å²) in [6, 6.07) is 3.33. The molecule has 0 saturated carbocycles. The maximum absolute atomic E-state index is 12.1. The van der Waals surface area contributed by atoms with Gasteiger partial charge in [-0.2, -0.15) is 0 Å². The summed E-state index contributed by atoms with van der Waals surface area (Å²) in [7, 11) is 0. The van der Waals surface area contributed by atoms with Gasteiger partial charge in [0.25, 0.3) is 5.91 Å². The van der Waals surface area contributed by atoms with Crippen LogP contribution in [-0.4, -0.2) is 15.5 Å². The third-order valence-electron chi connectivity index (χ3n) is 2.55. The predicted molar refractivity (Wildman–Crippen MR) is 79.4 cm³/mol. The Morgan fingerprint density at radius 3 is 2.95 bits per heavy atom. The molecule has 0 fully saturated rings. The number of rotatable bonds is 3. The second kappa shape index (κ2) is 5.63. The maximum Gasteiger partial charge on any atom is 0.272 e. The second-order valence-electron chi connectivity index (χ2n) is 3.90. The Hall–Kier alpha value is -1.53. The molecule has 5 nitrogen and oxygen atoms in total. The van der Waals surface area contributed by atoms with Gasteiger partial charge >= 0.3 is 0 Å². The van der Waals surface area contributed by atoms with Gasteiger partial charge in [-0.3, -0.25) is 4.79 Å². The van der Waals surface area contributed by atoms with Gasteiger partial charge in [-0.1, -0.05) is 11.6 Å². The lowest BCUT2D eigenvalue weighted by atomic mass is 10.3. The fourth-order valence-electron chi connectivity index (χ4n) is 1.67. The molecule has 0 aliphatic rings. The normalized spacial score (nSPS) is 10.5. The van der Waals surface area contributed by atoms with Gasteiger partial charge in [0.2, 0.25) is 0 Å². The van der Waals surface area contributed by atoms with E-state index in [2.05, 4.69) is 26.2 Å². The summed E-state index contributed by atoms with van der Waals surface area (Å²) in [5.74, 6) is -0.241. The highest BCUT2D eigenvalue weighted by molar-refractivity contribution is 9.10. The average Bonchev–Trinajstić information content (AvgIpc) is 2.75. The van der Waals surface area contributed by atoms with Crippen LogP contribution in [0.25, 0.3) is 0 Å². The smallest absolute Gasteiger partial charge is 0.272 e. The van der Waals surface area contributed by atoms with Crippen LogP contribution >= 0.6 is 27.5 Å². The molecule has 0 aromatic carbocycles. The molecule has 100 valence electrons. The van der Waals surface area contributed by atoms with E-state index < -0.39 is 0 Å². The van der Waals surface area contributed by atoms with Gasteiger partial charge in [0.05, 0.1) is 22.0 Å². The van der Waals surface area contributed by atoms with Gasteiger partial charge < -0.3 is 15.6 Å². The first-order valence-corrected chi connectivity index (χ1v) is 6.76. The summed E-state index contributed by atoms with van der Waals surface area (Å²) in [5, 5.41) is 3.09. The van der Waals surface area contributed by atoms with Gasteiger partial charge in [-0.25, -0.2) is 4.98 Å². The zero-order valence-electron chi connectivity index (χ0n) is 10.2. The second-order valence-corrected chi connectivity index (χ2v) is 5.11. The van der Waals surface area contributed by atoms with Crippen molar-refractivity contribution in [1.82, 2.24) is 9.55 Å². The Labute approximate surface area is 123 Å². The fourth-order valence-corrected chi connectivity index (χ4v) is 2.12. The van der Waals surface area contributed by atoms with E-state index in [0.717, 1.165) is 0 Å². The number of pyridine rings is 1. The zero-order valence-corrected chi connectivity index (χ0v) is 12.5. The molecule has 2 aromatic heterocycles. The number of hydrogen-bond acceptors (Lipinski definition) is 3. The molecule has 0 aliphatic heterocycles. The summed E-state index contributed by atoms with van der Waals surface area (Å²) >= 11 is 9.05. The van der Waals surface area contributed by atoms with Crippen LogP contribution in [0.15, 0.2) is 29.0 Å². The molecule has 2 aromatic rings. The van der Waals surface area contributed by atoms with Crippen LogP contribution < -0.4 is 11.1 Å². The lowest BCUT2D eigenvalue weighted by Gasteiger charge is -2.08. The van der Waals surface area contributed by atoms with E-state index in [0.29, 0.717) is 33.2 Å². The van der Waals surface area contributed by atoms with Gasteiger partial charge in [0.15, 0.2) is 0 Å². The monoisotopic (exact) mass is 342 g/mol. The standard InChI is InChI=1S/C12H12BrClN4O/c1-2-18-6-7(15)3-10(18)12(19)17-8-4-9(13)11(14)16-5-8/h3-6H,2,15H2,1H3,(H,17,19). The molecular formula is C12H12BrClN4O. The third-order valence-corrected chi connectivity index (χ3v) is 3.68. The molecule has 0 radical (unpaired) electrons. The van der Waals surface area contributed by atoms with Crippen molar-refractivity contribution in [3.05, 3.63) is 39.8 Å². The minimum atomic E-state index is -0.241. The fraction of sp³-hybridized carbons (Fsp3) is 0.167. The number of nitrogen functional groups attached to an aromatic ring is 1. The SMILES string of the molecule is CCn1cc(N)cc1C(=O)Nc1cnc(Cl)c(Br)c1.